The van der Waals surface area contributed by atoms with E-state index in [2.05, 4.69) is 5.32 Å². The van der Waals surface area contributed by atoms with Crippen molar-refractivity contribution in [2.45, 2.75) is 63.4 Å². The summed E-state index contributed by atoms with van der Waals surface area (Å²) in [5.41, 5.74) is 1.14. The molecule has 4 nitrogen and oxygen atoms in total. The molecule has 0 bridgehead atoms. The third-order valence-corrected chi connectivity index (χ3v) is 7.62. The maximum atomic E-state index is 13.9. The minimum Gasteiger partial charge on any atom is -0.352 e. The maximum absolute atomic E-state index is 13.9. The van der Waals surface area contributed by atoms with Crippen molar-refractivity contribution in [2.24, 2.45) is 0 Å². The van der Waals surface area contributed by atoms with Crippen LogP contribution in [0.1, 0.15) is 50.2 Å². The lowest BCUT2D eigenvalue weighted by Gasteiger charge is -2.31. The van der Waals surface area contributed by atoms with Gasteiger partial charge >= 0.3 is 0 Å². The van der Waals surface area contributed by atoms with Gasteiger partial charge in [-0.15, -0.1) is 11.8 Å². The first-order chi connectivity index (χ1) is 15.9. The molecule has 1 fully saturated rings. The summed E-state index contributed by atoms with van der Waals surface area (Å²) in [6.45, 7) is 1.85. The second-order valence-electron chi connectivity index (χ2n) is 8.33. The SMILES string of the molecule is CC(C(=O)NC1CCCCC1)N(Cc1c(Cl)cccc1Cl)C(=O)CSCc1ccccc1F. The monoisotopic (exact) mass is 510 g/mol. The van der Waals surface area contributed by atoms with Crippen molar-refractivity contribution < 1.29 is 14.0 Å². The van der Waals surface area contributed by atoms with Crippen LogP contribution in [0.5, 0.6) is 0 Å². The average molecular weight is 511 g/mol. The lowest BCUT2D eigenvalue weighted by molar-refractivity contribution is -0.139. The van der Waals surface area contributed by atoms with Crippen LogP contribution in [0.3, 0.4) is 0 Å². The van der Waals surface area contributed by atoms with Gasteiger partial charge in [-0.3, -0.25) is 9.59 Å². The highest BCUT2D eigenvalue weighted by atomic mass is 35.5. The van der Waals surface area contributed by atoms with Gasteiger partial charge in [0.05, 0.1) is 5.75 Å². The molecule has 1 aliphatic rings. The second-order valence-corrected chi connectivity index (χ2v) is 10.1. The van der Waals surface area contributed by atoms with Crippen LogP contribution in [0.25, 0.3) is 0 Å². The van der Waals surface area contributed by atoms with E-state index in [9.17, 15) is 14.0 Å². The van der Waals surface area contributed by atoms with E-state index < -0.39 is 6.04 Å². The van der Waals surface area contributed by atoms with E-state index in [1.807, 2.05) is 0 Å². The van der Waals surface area contributed by atoms with Gasteiger partial charge in [-0.25, -0.2) is 4.39 Å². The molecule has 1 N–H and O–H groups in total. The highest BCUT2D eigenvalue weighted by Crippen LogP contribution is 2.27. The number of halogens is 3. The van der Waals surface area contributed by atoms with E-state index in [1.54, 1.807) is 43.3 Å². The summed E-state index contributed by atoms with van der Waals surface area (Å²) in [7, 11) is 0. The van der Waals surface area contributed by atoms with Gasteiger partial charge in [0.1, 0.15) is 11.9 Å². The van der Waals surface area contributed by atoms with Crippen LogP contribution in [0.4, 0.5) is 4.39 Å². The van der Waals surface area contributed by atoms with Crippen LogP contribution in [0, 0.1) is 5.82 Å². The van der Waals surface area contributed by atoms with Crippen molar-refractivity contribution in [1.82, 2.24) is 10.2 Å². The zero-order chi connectivity index (χ0) is 23.8. The lowest BCUT2D eigenvalue weighted by Crippen LogP contribution is -2.50. The molecule has 1 atom stereocenters. The Morgan fingerprint density at radius 2 is 1.76 bits per heavy atom. The maximum Gasteiger partial charge on any atom is 0.242 e. The standard InChI is InChI=1S/C25H29Cl2FN2O2S/c1-17(25(32)29-19-9-3-2-4-10-19)30(14-20-21(26)11-7-12-22(20)27)24(31)16-33-15-18-8-5-6-13-23(18)28/h5-8,11-13,17,19H,2-4,9-10,14-16H2,1H3,(H,29,32). The lowest BCUT2D eigenvalue weighted by atomic mass is 9.95. The number of nitrogens with zero attached hydrogens (tertiary/aromatic N) is 1. The highest BCUT2D eigenvalue weighted by molar-refractivity contribution is 7.99. The normalized spacial score (nSPS) is 15.2. The number of rotatable bonds is 9. The van der Waals surface area contributed by atoms with Crippen LogP contribution in [-0.2, 0) is 21.9 Å². The summed E-state index contributed by atoms with van der Waals surface area (Å²) in [6, 6.07) is 11.1. The van der Waals surface area contributed by atoms with E-state index in [4.69, 9.17) is 23.2 Å². The number of carbonyl (C=O) groups is 2. The third-order valence-electron chi connectivity index (χ3n) is 5.95. The summed E-state index contributed by atoms with van der Waals surface area (Å²) >= 11 is 14.0. The fourth-order valence-electron chi connectivity index (χ4n) is 3.95. The third kappa shape index (κ3) is 7.36. The Morgan fingerprint density at radius 1 is 1.09 bits per heavy atom. The molecule has 0 saturated heterocycles. The van der Waals surface area contributed by atoms with Crippen LogP contribution >= 0.6 is 35.0 Å². The molecule has 3 rings (SSSR count). The van der Waals surface area contributed by atoms with E-state index >= 15 is 0 Å². The van der Waals surface area contributed by atoms with Crippen LogP contribution in [-0.4, -0.2) is 34.6 Å². The van der Waals surface area contributed by atoms with E-state index in [0.29, 0.717) is 26.9 Å². The Labute approximate surface area is 209 Å². The molecule has 1 saturated carbocycles. The number of nitrogens with one attached hydrogen (secondary N) is 1. The Morgan fingerprint density at radius 3 is 2.42 bits per heavy atom. The Bertz CT molecular complexity index is 949. The number of amides is 2. The molecular weight excluding hydrogens is 482 g/mol. The topological polar surface area (TPSA) is 49.4 Å². The van der Waals surface area contributed by atoms with Gasteiger partial charge < -0.3 is 10.2 Å². The molecule has 0 spiro atoms. The van der Waals surface area contributed by atoms with Gasteiger partial charge in [-0.2, -0.15) is 0 Å². The fraction of sp³-hybridized carbons (Fsp3) is 0.440. The van der Waals surface area contributed by atoms with Gasteiger partial charge in [0.25, 0.3) is 0 Å². The zero-order valence-corrected chi connectivity index (χ0v) is 21.0. The van der Waals surface area contributed by atoms with E-state index in [1.165, 1.54) is 29.1 Å². The van der Waals surface area contributed by atoms with E-state index in [0.717, 1.165) is 25.7 Å². The Balaban J connectivity index is 1.71. The van der Waals surface area contributed by atoms with Crippen molar-refractivity contribution in [3.8, 4) is 0 Å². The van der Waals surface area contributed by atoms with Crippen molar-refractivity contribution in [2.75, 3.05) is 5.75 Å². The number of benzene rings is 2. The summed E-state index contributed by atoms with van der Waals surface area (Å²) in [4.78, 5) is 27.8. The molecular formula is C25H29Cl2FN2O2S. The fourth-order valence-corrected chi connectivity index (χ4v) is 5.37. The first kappa shape index (κ1) is 25.9. The molecule has 1 aliphatic carbocycles. The predicted octanol–water partition coefficient (Wildman–Crippen LogP) is 6.23. The molecule has 0 aromatic heterocycles. The van der Waals surface area contributed by atoms with Crippen LogP contribution < -0.4 is 5.32 Å². The van der Waals surface area contributed by atoms with Crippen molar-refractivity contribution in [3.63, 3.8) is 0 Å². The molecule has 1 unspecified atom stereocenters. The molecule has 2 aromatic carbocycles. The number of hydrogen-bond acceptors (Lipinski definition) is 3. The minimum atomic E-state index is -0.694. The summed E-state index contributed by atoms with van der Waals surface area (Å²) < 4.78 is 13.9. The van der Waals surface area contributed by atoms with Crippen LogP contribution in [0.15, 0.2) is 42.5 Å². The minimum absolute atomic E-state index is 0.109. The molecule has 178 valence electrons. The second kappa shape index (κ2) is 12.6. The first-order valence-electron chi connectivity index (χ1n) is 11.2. The van der Waals surface area contributed by atoms with Gasteiger partial charge in [0, 0.05) is 33.9 Å². The average Bonchev–Trinajstić information content (AvgIpc) is 2.80. The van der Waals surface area contributed by atoms with Crippen molar-refractivity contribution in [1.29, 1.82) is 0 Å². The molecule has 0 heterocycles. The van der Waals surface area contributed by atoms with Crippen molar-refractivity contribution >= 4 is 46.8 Å². The molecule has 2 aromatic rings. The summed E-state index contributed by atoms with van der Waals surface area (Å²) in [5, 5.41) is 3.99. The molecule has 0 aliphatic heterocycles. The summed E-state index contributed by atoms with van der Waals surface area (Å²) in [6.07, 6.45) is 5.31. The first-order valence-corrected chi connectivity index (χ1v) is 13.1. The molecule has 33 heavy (non-hydrogen) atoms. The van der Waals surface area contributed by atoms with Gasteiger partial charge in [0.15, 0.2) is 0 Å². The largest absolute Gasteiger partial charge is 0.352 e. The van der Waals surface area contributed by atoms with Gasteiger partial charge in [-0.1, -0.05) is 66.7 Å². The Hall–Kier alpha value is -1.76. The number of carbonyl (C=O) groups excluding carboxylic acids is 2. The van der Waals surface area contributed by atoms with Crippen LogP contribution in [0.2, 0.25) is 10.0 Å². The predicted molar refractivity (Wildman–Crippen MR) is 134 cm³/mol. The molecule has 8 heteroatoms. The highest BCUT2D eigenvalue weighted by Gasteiger charge is 2.29. The van der Waals surface area contributed by atoms with Gasteiger partial charge in [0.2, 0.25) is 11.8 Å². The summed E-state index contributed by atoms with van der Waals surface area (Å²) in [5.74, 6) is -0.229. The Kier molecular flexibility index (Phi) is 9.90. The number of thioether (sulfide) groups is 1. The quantitative estimate of drug-likeness (QED) is 0.434. The number of hydrogen-bond donors (Lipinski definition) is 1. The molecule has 0 radical (unpaired) electrons. The van der Waals surface area contributed by atoms with E-state index in [-0.39, 0.29) is 36.0 Å². The molecule has 2 amide bonds. The smallest absolute Gasteiger partial charge is 0.242 e. The zero-order valence-electron chi connectivity index (χ0n) is 18.7. The van der Waals surface area contributed by atoms with Gasteiger partial charge in [-0.05, 0) is 43.5 Å². The van der Waals surface area contributed by atoms with Crippen molar-refractivity contribution in [3.05, 3.63) is 69.5 Å².